The van der Waals surface area contributed by atoms with Crippen LogP contribution < -0.4 is 0 Å². The van der Waals surface area contributed by atoms with Crippen LogP contribution in [0.25, 0.3) is 11.1 Å². The van der Waals surface area contributed by atoms with E-state index in [4.69, 9.17) is 4.74 Å². The Bertz CT molecular complexity index is 1240. The third-order valence-electron chi connectivity index (χ3n) is 8.34. The Balaban J connectivity index is 1.16. The SMILES string of the molecule is CC(C)c1ccc(CC2=CC3CCCC(C2)N3C(=O)OCC2c3ccccc3-c3ccccc32)cc1. The van der Waals surface area contributed by atoms with Crippen molar-refractivity contribution < 1.29 is 9.53 Å². The van der Waals surface area contributed by atoms with Crippen LogP contribution in [0.1, 0.15) is 73.6 Å². The van der Waals surface area contributed by atoms with Crippen molar-refractivity contribution in [1.29, 1.82) is 0 Å². The van der Waals surface area contributed by atoms with Crippen LogP contribution in [0.5, 0.6) is 0 Å². The van der Waals surface area contributed by atoms with Crippen LogP contribution in [0.15, 0.2) is 84.4 Å². The zero-order chi connectivity index (χ0) is 24.6. The molecule has 2 atom stereocenters. The second-order valence-electron chi connectivity index (χ2n) is 11.0. The zero-order valence-corrected chi connectivity index (χ0v) is 21.3. The number of carbonyl (C=O) groups excluding carboxylic acids is 1. The Kier molecular flexibility index (Phi) is 6.17. The van der Waals surface area contributed by atoms with Crippen LogP contribution >= 0.6 is 0 Å². The van der Waals surface area contributed by atoms with E-state index < -0.39 is 0 Å². The summed E-state index contributed by atoms with van der Waals surface area (Å²) in [5.41, 5.74) is 9.25. The Morgan fingerprint density at radius 3 is 2.22 bits per heavy atom. The van der Waals surface area contributed by atoms with E-state index in [1.807, 2.05) is 4.90 Å². The lowest BCUT2D eigenvalue weighted by Crippen LogP contribution is -2.52. The van der Waals surface area contributed by atoms with Crippen molar-refractivity contribution in [3.63, 3.8) is 0 Å². The third-order valence-corrected chi connectivity index (χ3v) is 8.34. The molecule has 2 bridgehead atoms. The monoisotopic (exact) mass is 477 g/mol. The first-order valence-electron chi connectivity index (χ1n) is 13.5. The number of rotatable bonds is 5. The number of hydrogen-bond acceptors (Lipinski definition) is 2. The van der Waals surface area contributed by atoms with Gasteiger partial charge in [0.05, 0.1) is 6.04 Å². The van der Waals surface area contributed by atoms with E-state index in [0.29, 0.717) is 12.5 Å². The molecule has 3 nitrogen and oxygen atoms in total. The Morgan fingerprint density at radius 1 is 0.917 bits per heavy atom. The molecule has 1 aliphatic carbocycles. The van der Waals surface area contributed by atoms with Gasteiger partial charge in [-0.15, -0.1) is 0 Å². The molecule has 1 saturated heterocycles. The molecule has 0 aromatic heterocycles. The molecule has 0 spiro atoms. The molecule has 36 heavy (non-hydrogen) atoms. The van der Waals surface area contributed by atoms with E-state index in [2.05, 4.69) is 92.7 Å². The summed E-state index contributed by atoms with van der Waals surface area (Å²) in [6.07, 6.45) is 7.39. The molecule has 3 aliphatic rings. The molecule has 184 valence electrons. The largest absolute Gasteiger partial charge is 0.448 e. The van der Waals surface area contributed by atoms with E-state index in [0.717, 1.165) is 25.7 Å². The number of fused-ring (bicyclic) bond motifs is 5. The van der Waals surface area contributed by atoms with Crippen molar-refractivity contribution in [2.45, 2.75) is 69.9 Å². The standard InChI is InChI=1S/C33H35NO2/c1-22(2)25-16-14-23(15-17-25)18-24-19-26-8-7-9-27(20-24)34(26)33(35)36-21-32-30-12-5-3-10-28(30)29-11-4-6-13-31(29)32/h3-6,10-17,19,22,26-27,32H,7-9,18,20-21H2,1-2H3. The maximum absolute atomic E-state index is 13.4. The quantitative estimate of drug-likeness (QED) is 0.350. The lowest BCUT2D eigenvalue weighted by atomic mass is 9.83. The van der Waals surface area contributed by atoms with Crippen molar-refractivity contribution in [2.75, 3.05) is 6.61 Å². The Morgan fingerprint density at radius 2 is 1.58 bits per heavy atom. The van der Waals surface area contributed by atoms with Gasteiger partial charge in [0.2, 0.25) is 0 Å². The van der Waals surface area contributed by atoms with Gasteiger partial charge in [-0.3, -0.25) is 4.90 Å². The highest BCUT2D eigenvalue weighted by Gasteiger charge is 2.38. The Labute approximate surface area is 214 Å². The number of carbonyl (C=O) groups is 1. The van der Waals surface area contributed by atoms with Crippen molar-refractivity contribution in [2.24, 2.45) is 0 Å². The first-order valence-corrected chi connectivity index (χ1v) is 13.5. The average molecular weight is 478 g/mol. The van der Waals surface area contributed by atoms with E-state index in [-0.39, 0.29) is 24.1 Å². The summed E-state index contributed by atoms with van der Waals surface area (Å²) in [5.74, 6) is 0.656. The van der Waals surface area contributed by atoms with Crippen LogP contribution in [-0.2, 0) is 11.2 Å². The van der Waals surface area contributed by atoms with Gasteiger partial charge in [-0.1, -0.05) is 98.3 Å². The molecule has 3 aromatic carbocycles. The number of ether oxygens (including phenoxy) is 1. The predicted octanol–water partition coefficient (Wildman–Crippen LogP) is 7.85. The van der Waals surface area contributed by atoms with Gasteiger partial charge in [0.15, 0.2) is 0 Å². The van der Waals surface area contributed by atoms with Gasteiger partial charge in [0.1, 0.15) is 6.61 Å². The van der Waals surface area contributed by atoms with Gasteiger partial charge in [-0.25, -0.2) is 4.79 Å². The zero-order valence-electron chi connectivity index (χ0n) is 21.3. The summed E-state index contributed by atoms with van der Waals surface area (Å²) in [5, 5.41) is 0. The number of piperidine rings is 1. The molecule has 3 aromatic rings. The summed E-state index contributed by atoms with van der Waals surface area (Å²) in [7, 11) is 0. The highest BCUT2D eigenvalue weighted by molar-refractivity contribution is 5.79. The molecule has 1 amide bonds. The van der Waals surface area contributed by atoms with Gasteiger partial charge >= 0.3 is 6.09 Å². The maximum Gasteiger partial charge on any atom is 0.410 e. The van der Waals surface area contributed by atoms with E-state index in [1.165, 1.54) is 45.4 Å². The lowest BCUT2D eigenvalue weighted by molar-refractivity contribution is 0.0509. The summed E-state index contributed by atoms with van der Waals surface area (Å²) in [6.45, 7) is 4.86. The number of nitrogens with zero attached hydrogens (tertiary/aromatic N) is 1. The first kappa shape index (κ1) is 23.1. The molecular formula is C33H35NO2. The Hall–Kier alpha value is -3.33. The first-order chi connectivity index (χ1) is 17.6. The van der Waals surface area contributed by atoms with Crippen molar-refractivity contribution >= 4 is 6.09 Å². The van der Waals surface area contributed by atoms with E-state index >= 15 is 0 Å². The normalized spacial score (nSPS) is 20.6. The highest BCUT2D eigenvalue weighted by atomic mass is 16.6. The molecule has 3 heteroatoms. The summed E-state index contributed by atoms with van der Waals surface area (Å²) in [4.78, 5) is 15.5. The van der Waals surface area contributed by atoms with Crippen molar-refractivity contribution in [1.82, 2.24) is 4.90 Å². The van der Waals surface area contributed by atoms with E-state index in [9.17, 15) is 4.79 Å². The van der Waals surface area contributed by atoms with Crippen molar-refractivity contribution in [3.05, 3.63) is 107 Å². The predicted molar refractivity (Wildman–Crippen MR) is 145 cm³/mol. The summed E-state index contributed by atoms with van der Waals surface area (Å²) < 4.78 is 6.06. The molecule has 2 unspecified atom stereocenters. The minimum Gasteiger partial charge on any atom is -0.448 e. The molecule has 0 radical (unpaired) electrons. The summed E-state index contributed by atoms with van der Waals surface area (Å²) in [6, 6.07) is 26.5. The van der Waals surface area contributed by atoms with Gasteiger partial charge in [-0.05, 0) is 71.4 Å². The highest BCUT2D eigenvalue weighted by Crippen LogP contribution is 2.45. The van der Waals surface area contributed by atoms with Crippen LogP contribution in [0.3, 0.4) is 0 Å². The van der Waals surface area contributed by atoms with Crippen LogP contribution in [0, 0.1) is 0 Å². The minimum absolute atomic E-state index is 0.103. The van der Waals surface area contributed by atoms with E-state index in [1.54, 1.807) is 0 Å². The second-order valence-corrected chi connectivity index (χ2v) is 11.0. The average Bonchev–Trinajstić information content (AvgIpc) is 3.21. The third kappa shape index (κ3) is 4.25. The molecule has 2 aliphatic heterocycles. The molecule has 1 fully saturated rings. The maximum atomic E-state index is 13.4. The molecular weight excluding hydrogens is 442 g/mol. The molecule has 0 saturated carbocycles. The van der Waals surface area contributed by atoms with Gasteiger partial charge in [0, 0.05) is 12.0 Å². The fourth-order valence-electron chi connectivity index (χ4n) is 6.49. The molecule has 6 rings (SSSR count). The van der Waals surface area contributed by atoms with Crippen LogP contribution in [0.4, 0.5) is 4.79 Å². The van der Waals surface area contributed by atoms with Gasteiger partial charge in [-0.2, -0.15) is 0 Å². The second kappa shape index (κ2) is 9.61. The van der Waals surface area contributed by atoms with Crippen LogP contribution in [0.2, 0.25) is 0 Å². The number of amides is 1. The molecule has 2 heterocycles. The fourth-order valence-corrected chi connectivity index (χ4v) is 6.49. The van der Waals surface area contributed by atoms with Gasteiger partial charge in [0.25, 0.3) is 0 Å². The lowest BCUT2D eigenvalue weighted by Gasteiger charge is -2.44. The smallest absolute Gasteiger partial charge is 0.410 e. The number of hydrogen-bond donors (Lipinski definition) is 0. The van der Waals surface area contributed by atoms with Gasteiger partial charge < -0.3 is 4.74 Å². The van der Waals surface area contributed by atoms with Crippen LogP contribution in [-0.4, -0.2) is 29.7 Å². The molecule has 0 N–H and O–H groups in total. The van der Waals surface area contributed by atoms with Crippen molar-refractivity contribution in [3.8, 4) is 11.1 Å². The summed E-state index contributed by atoms with van der Waals surface area (Å²) >= 11 is 0. The fraction of sp³-hybridized carbons (Fsp3) is 0.364. The topological polar surface area (TPSA) is 29.5 Å². The number of benzene rings is 3. The minimum atomic E-state index is -0.150.